The summed E-state index contributed by atoms with van der Waals surface area (Å²) in [5.74, 6) is 0.990. The fourth-order valence-electron chi connectivity index (χ4n) is 12.0. The first-order valence-corrected chi connectivity index (χ1v) is 43.8. The molecule has 0 amide bonds. The molecule has 0 heterocycles. The normalized spacial score (nSPS) is 14.6. The molecule has 0 fully saturated rings. The molecule has 582 valence electrons. The van der Waals surface area contributed by atoms with Gasteiger partial charge in [-0.15, -0.1) is 0 Å². The lowest BCUT2D eigenvalue weighted by atomic mass is 9.99. The first-order valence-electron chi connectivity index (χ1n) is 40.8. The number of hydrogen-bond donors (Lipinski definition) is 3. The Labute approximate surface area is 600 Å². The van der Waals surface area contributed by atoms with Gasteiger partial charge in [0, 0.05) is 25.7 Å². The van der Waals surface area contributed by atoms with Crippen LogP contribution in [0.1, 0.15) is 402 Å². The van der Waals surface area contributed by atoms with Crippen molar-refractivity contribution in [3.63, 3.8) is 0 Å². The summed E-state index contributed by atoms with van der Waals surface area (Å²) in [6.07, 6.45) is 54.1. The van der Waals surface area contributed by atoms with Crippen molar-refractivity contribution in [3.05, 3.63) is 0 Å². The van der Waals surface area contributed by atoms with E-state index in [0.29, 0.717) is 25.7 Å². The molecule has 98 heavy (non-hydrogen) atoms. The number of ether oxygens (including phenoxy) is 4. The van der Waals surface area contributed by atoms with Gasteiger partial charge in [0.1, 0.15) is 19.3 Å². The Bertz CT molecular complexity index is 1920. The molecule has 0 saturated carbocycles. The Morgan fingerprint density at radius 1 is 0.286 bits per heavy atom. The molecule has 19 heteroatoms. The number of aliphatic hydroxyl groups is 1. The van der Waals surface area contributed by atoms with E-state index in [2.05, 4.69) is 55.4 Å². The van der Waals surface area contributed by atoms with Crippen molar-refractivity contribution in [1.29, 1.82) is 0 Å². The van der Waals surface area contributed by atoms with Crippen LogP contribution >= 0.6 is 15.6 Å². The molecule has 0 spiro atoms. The number of unbranched alkanes of at least 4 members (excludes halogenated alkanes) is 40. The Balaban J connectivity index is 5.24. The third-order valence-electron chi connectivity index (χ3n) is 19.0. The molecule has 4 unspecified atom stereocenters. The zero-order valence-corrected chi connectivity index (χ0v) is 66.2. The highest BCUT2D eigenvalue weighted by Crippen LogP contribution is 2.45. The van der Waals surface area contributed by atoms with Gasteiger partial charge in [-0.2, -0.15) is 0 Å². The zero-order chi connectivity index (χ0) is 72.4. The smallest absolute Gasteiger partial charge is 0.462 e. The molecule has 0 aliphatic rings. The molecule has 0 aliphatic heterocycles. The van der Waals surface area contributed by atoms with Crippen LogP contribution in [0.2, 0.25) is 0 Å². The molecule has 3 N–H and O–H groups in total. The predicted molar refractivity (Wildman–Crippen MR) is 400 cm³/mol. The number of phosphoric ester groups is 2. The number of esters is 4. The van der Waals surface area contributed by atoms with E-state index in [1.54, 1.807) is 0 Å². The van der Waals surface area contributed by atoms with Crippen LogP contribution < -0.4 is 0 Å². The van der Waals surface area contributed by atoms with E-state index >= 15 is 0 Å². The summed E-state index contributed by atoms with van der Waals surface area (Å²) >= 11 is 0. The van der Waals surface area contributed by atoms with Gasteiger partial charge in [0.15, 0.2) is 12.2 Å². The maximum absolute atomic E-state index is 13.1. The van der Waals surface area contributed by atoms with Crippen LogP contribution in [-0.4, -0.2) is 96.7 Å². The number of carbonyl (C=O) groups is 4. The molecule has 0 bridgehead atoms. The minimum atomic E-state index is -4.96. The molecule has 0 aromatic carbocycles. The van der Waals surface area contributed by atoms with Crippen molar-refractivity contribution in [2.75, 3.05) is 39.6 Å². The van der Waals surface area contributed by atoms with Crippen molar-refractivity contribution in [2.24, 2.45) is 23.7 Å². The van der Waals surface area contributed by atoms with Gasteiger partial charge >= 0.3 is 39.5 Å². The lowest BCUT2D eigenvalue weighted by Crippen LogP contribution is -2.30. The molecule has 17 nitrogen and oxygen atoms in total. The second-order valence-corrected chi connectivity index (χ2v) is 32.8. The first-order chi connectivity index (χ1) is 47.2. The molecule has 0 aliphatic carbocycles. The van der Waals surface area contributed by atoms with E-state index in [1.165, 1.54) is 199 Å². The Morgan fingerprint density at radius 3 is 0.724 bits per heavy atom. The maximum atomic E-state index is 13.1. The fourth-order valence-corrected chi connectivity index (χ4v) is 13.6. The number of rotatable bonds is 76. The van der Waals surface area contributed by atoms with Crippen molar-refractivity contribution >= 4 is 39.5 Å². The van der Waals surface area contributed by atoms with Crippen molar-refractivity contribution in [3.8, 4) is 0 Å². The molecule has 0 rings (SSSR count). The van der Waals surface area contributed by atoms with E-state index in [9.17, 15) is 43.2 Å². The van der Waals surface area contributed by atoms with E-state index in [0.717, 1.165) is 120 Å². The van der Waals surface area contributed by atoms with Crippen molar-refractivity contribution < 1.29 is 80.2 Å². The number of aliphatic hydroxyl groups excluding tert-OH is 1. The molecule has 7 atom stereocenters. The second kappa shape index (κ2) is 68.2. The number of carbonyl (C=O) groups excluding carboxylic acids is 4. The van der Waals surface area contributed by atoms with Crippen LogP contribution in [0.4, 0.5) is 0 Å². The Hall–Kier alpha value is -1.94. The highest BCUT2D eigenvalue weighted by molar-refractivity contribution is 7.47. The topological polar surface area (TPSA) is 237 Å². The number of hydrogen-bond acceptors (Lipinski definition) is 15. The largest absolute Gasteiger partial charge is 0.472 e. The molecular formula is C79H154O17P2. The van der Waals surface area contributed by atoms with E-state index < -0.39 is 97.5 Å². The highest BCUT2D eigenvalue weighted by Gasteiger charge is 2.30. The Morgan fingerprint density at radius 2 is 0.490 bits per heavy atom. The van der Waals surface area contributed by atoms with Crippen molar-refractivity contribution in [1.82, 2.24) is 0 Å². The van der Waals surface area contributed by atoms with Crippen LogP contribution in [0.3, 0.4) is 0 Å². The lowest BCUT2D eigenvalue weighted by Gasteiger charge is -2.21. The average molecular weight is 1440 g/mol. The summed E-state index contributed by atoms with van der Waals surface area (Å²) in [5.41, 5.74) is 0. The van der Waals surface area contributed by atoms with Gasteiger partial charge in [-0.3, -0.25) is 37.3 Å². The SMILES string of the molecule is CCC(C)CCCCCCCCCCC(=O)O[C@H](COC(=O)CCCCCCCCC(C)CC)COP(=O)(O)OC[C@H](O)COP(=O)(O)OC[C@@H](COC(=O)CCCCCCCCCCCCCCCCCC(C)C)OC(=O)CCCCCCCCCCCCCCCCCC(C)C. The molecule has 0 saturated heterocycles. The van der Waals surface area contributed by atoms with Gasteiger partial charge in [-0.1, -0.05) is 351 Å². The maximum Gasteiger partial charge on any atom is 0.472 e. The van der Waals surface area contributed by atoms with Gasteiger partial charge in [0.2, 0.25) is 0 Å². The minimum Gasteiger partial charge on any atom is -0.462 e. The van der Waals surface area contributed by atoms with Crippen LogP contribution in [0.5, 0.6) is 0 Å². The Kier molecular flexibility index (Phi) is 66.8. The summed E-state index contributed by atoms with van der Waals surface area (Å²) in [6.45, 7) is 14.2. The minimum absolute atomic E-state index is 0.104. The zero-order valence-electron chi connectivity index (χ0n) is 64.4. The van der Waals surface area contributed by atoms with E-state index in [1.807, 2.05) is 0 Å². The van der Waals surface area contributed by atoms with Crippen LogP contribution in [-0.2, 0) is 65.4 Å². The second-order valence-electron chi connectivity index (χ2n) is 29.9. The summed E-state index contributed by atoms with van der Waals surface area (Å²) in [7, 11) is -9.92. The molecule has 0 aromatic rings. The average Bonchev–Trinajstić information content (AvgIpc) is 0.989. The van der Waals surface area contributed by atoms with Gasteiger partial charge in [-0.25, -0.2) is 9.13 Å². The third-order valence-corrected chi connectivity index (χ3v) is 20.9. The lowest BCUT2D eigenvalue weighted by molar-refractivity contribution is -0.161. The highest BCUT2D eigenvalue weighted by atomic mass is 31.2. The summed E-state index contributed by atoms with van der Waals surface area (Å²) in [6, 6.07) is 0. The summed E-state index contributed by atoms with van der Waals surface area (Å²) < 4.78 is 68.6. The number of phosphoric acid groups is 2. The van der Waals surface area contributed by atoms with Crippen LogP contribution in [0.25, 0.3) is 0 Å². The standard InChI is InChI=1S/C79H154O17P2/c1-9-71(7)57-49-41-33-29-30-36-46-54-62-79(84)96-75(66-90-77(82)60-52-44-38-37-42-50-58-72(8)10-2)68-94-98(87,88)92-64-73(80)63-91-97(85,86)93-67-74(95-78(83)61-53-45-35-28-24-20-16-12-14-18-22-26-32-40-48-56-70(5)6)65-89-76(81)59-51-43-34-27-23-19-15-11-13-17-21-25-31-39-47-55-69(3)4/h69-75,80H,9-68H2,1-8H3,(H,85,86)(H,87,88)/t71?,72?,73-,74-,75-/m1/s1. The van der Waals surface area contributed by atoms with Crippen LogP contribution in [0.15, 0.2) is 0 Å². The fraction of sp³-hybridized carbons (Fsp3) is 0.949. The third kappa shape index (κ3) is 69.8. The van der Waals surface area contributed by atoms with Gasteiger partial charge in [0.05, 0.1) is 26.4 Å². The predicted octanol–water partition coefficient (Wildman–Crippen LogP) is 23.2. The molecular weight excluding hydrogens is 1280 g/mol. The summed E-state index contributed by atoms with van der Waals surface area (Å²) in [4.78, 5) is 72.9. The van der Waals surface area contributed by atoms with Crippen molar-refractivity contribution in [2.45, 2.75) is 420 Å². The monoisotopic (exact) mass is 1440 g/mol. The van der Waals surface area contributed by atoms with Gasteiger partial charge < -0.3 is 33.8 Å². The van der Waals surface area contributed by atoms with Gasteiger partial charge in [-0.05, 0) is 49.4 Å². The first kappa shape index (κ1) is 96.1. The van der Waals surface area contributed by atoms with Gasteiger partial charge in [0.25, 0.3) is 0 Å². The quantitative estimate of drug-likeness (QED) is 0.0222. The van der Waals surface area contributed by atoms with Crippen LogP contribution in [0, 0.1) is 23.7 Å². The summed E-state index contributed by atoms with van der Waals surface area (Å²) in [5, 5.41) is 10.6. The van der Waals surface area contributed by atoms with E-state index in [-0.39, 0.29) is 25.7 Å². The molecule has 0 radical (unpaired) electrons. The van der Waals surface area contributed by atoms with E-state index in [4.69, 9.17) is 37.0 Å². The molecule has 0 aromatic heterocycles.